The summed E-state index contributed by atoms with van der Waals surface area (Å²) in [5.41, 5.74) is 1.42. The molecule has 1 unspecified atom stereocenters. The van der Waals surface area contributed by atoms with Crippen molar-refractivity contribution in [2.24, 2.45) is 0 Å². The van der Waals surface area contributed by atoms with E-state index < -0.39 is 0 Å². The van der Waals surface area contributed by atoms with E-state index in [0.29, 0.717) is 6.04 Å². The number of aromatic amines is 1. The van der Waals surface area contributed by atoms with Crippen LogP contribution < -0.4 is 21.5 Å². The summed E-state index contributed by atoms with van der Waals surface area (Å²) in [5, 5.41) is 0. The molecule has 2 rings (SSSR count). The molecule has 4 heteroatoms. The van der Waals surface area contributed by atoms with Crippen LogP contribution in [0.25, 0.3) is 0 Å². The van der Waals surface area contributed by atoms with E-state index in [9.17, 15) is 0 Å². The van der Waals surface area contributed by atoms with E-state index in [0.717, 1.165) is 10.9 Å². The minimum absolute atomic E-state index is 0. The number of nitrogens with one attached hydrogen (secondary N) is 1. The molecular formula is C16H22Br2N2. The third kappa shape index (κ3) is 5.41. The molecule has 1 atom stereocenters. The van der Waals surface area contributed by atoms with Crippen LogP contribution in [0.15, 0.2) is 47.5 Å². The third-order valence-electron chi connectivity index (χ3n) is 3.56. The van der Waals surface area contributed by atoms with Gasteiger partial charge in [-0.15, -0.1) is 0 Å². The highest BCUT2D eigenvalue weighted by molar-refractivity contribution is 9.10. The minimum Gasteiger partial charge on any atom is -1.00 e. The van der Waals surface area contributed by atoms with Crippen LogP contribution in [-0.2, 0) is 6.42 Å². The Kier molecular flexibility index (Phi) is 8.15. The van der Waals surface area contributed by atoms with Crippen molar-refractivity contribution in [1.29, 1.82) is 0 Å². The number of aromatic nitrogens is 2. The Morgan fingerprint density at radius 3 is 2.55 bits per heavy atom. The maximum Gasteiger partial charge on any atom is 0.241 e. The summed E-state index contributed by atoms with van der Waals surface area (Å²) in [5.74, 6) is 0. The molecule has 1 aromatic carbocycles. The molecule has 1 aromatic heterocycles. The molecular weight excluding hydrogens is 380 g/mol. The van der Waals surface area contributed by atoms with Crippen LogP contribution in [0.2, 0.25) is 0 Å². The van der Waals surface area contributed by atoms with Gasteiger partial charge in [-0.05, 0) is 43.4 Å². The molecule has 0 fully saturated rings. The fourth-order valence-electron chi connectivity index (χ4n) is 2.39. The molecule has 1 heterocycles. The van der Waals surface area contributed by atoms with Crippen LogP contribution >= 0.6 is 15.9 Å². The van der Waals surface area contributed by atoms with Crippen molar-refractivity contribution in [1.82, 2.24) is 4.98 Å². The number of rotatable bonds is 7. The highest BCUT2D eigenvalue weighted by atomic mass is 79.9. The molecule has 0 amide bonds. The molecule has 110 valence electrons. The number of hydrogen-bond acceptors (Lipinski definition) is 0. The molecule has 0 aliphatic carbocycles. The fourth-order valence-corrected chi connectivity index (χ4v) is 2.66. The standard InChI is InChI=1S/C16H21BrN2.BrH/c1-2-3-4-16(19-12-11-18-13-19)10-7-14-5-8-15(17)9-6-14;/h5-6,8-9,11-13,16H,2-4,7,10H2,1H3;1H. The predicted octanol–water partition coefficient (Wildman–Crippen LogP) is 1.43. The van der Waals surface area contributed by atoms with E-state index in [1.54, 1.807) is 0 Å². The first-order valence-electron chi connectivity index (χ1n) is 7.07. The molecule has 20 heavy (non-hydrogen) atoms. The van der Waals surface area contributed by atoms with Gasteiger partial charge in [-0.1, -0.05) is 41.4 Å². The summed E-state index contributed by atoms with van der Waals surface area (Å²) >= 11 is 3.48. The van der Waals surface area contributed by atoms with Gasteiger partial charge < -0.3 is 17.0 Å². The van der Waals surface area contributed by atoms with Gasteiger partial charge in [0.2, 0.25) is 6.33 Å². The number of benzene rings is 1. The third-order valence-corrected chi connectivity index (χ3v) is 4.09. The lowest BCUT2D eigenvalue weighted by Crippen LogP contribution is -3.00. The maximum atomic E-state index is 3.48. The number of halogens is 2. The highest BCUT2D eigenvalue weighted by Crippen LogP contribution is 2.18. The van der Waals surface area contributed by atoms with Gasteiger partial charge in [0.25, 0.3) is 0 Å². The van der Waals surface area contributed by atoms with Crippen LogP contribution in [0.3, 0.4) is 0 Å². The van der Waals surface area contributed by atoms with Crippen molar-refractivity contribution < 1.29 is 21.5 Å². The van der Waals surface area contributed by atoms with Crippen LogP contribution in [-0.4, -0.2) is 4.98 Å². The Morgan fingerprint density at radius 1 is 1.20 bits per heavy atom. The summed E-state index contributed by atoms with van der Waals surface area (Å²) in [6.45, 7) is 2.26. The molecule has 0 aliphatic rings. The number of unbranched alkanes of at least 4 members (excludes halogenated alkanes) is 1. The normalized spacial score (nSPS) is 11.9. The number of imidazole rings is 1. The molecule has 0 aliphatic heterocycles. The number of H-pyrrole nitrogens is 1. The zero-order valence-corrected chi connectivity index (χ0v) is 15.0. The van der Waals surface area contributed by atoms with E-state index >= 15 is 0 Å². The Hall–Kier alpha value is -0.610. The van der Waals surface area contributed by atoms with Crippen LogP contribution in [0, 0.1) is 0 Å². The average molecular weight is 402 g/mol. The Morgan fingerprint density at radius 2 is 1.95 bits per heavy atom. The Labute approximate surface area is 140 Å². The lowest BCUT2D eigenvalue weighted by atomic mass is 10.0. The Balaban J connectivity index is 0.00000200. The van der Waals surface area contributed by atoms with Crippen molar-refractivity contribution in [3.05, 3.63) is 53.0 Å². The molecule has 1 N–H and O–H groups in total. The second-order valence-electron chi connectivity index (χ2n) is 5.02. The second kappa shape index (κ2) is 9.35. The minimum atomic E-state index is 0. The lowest BCUT2D eigenvalue weighted by Gasteiger charge is -2.13. The zero-order valence-electron chi connectivity index (χ0n) is 11.9. The topological polar surface area (TPSA) is 19.7 Å². The van der Waals surface area contributed by atoms with Crippen molar-refractivity contribution in [3.8, 4) is 0 Å². The monoisotopic (exact) mass is 400 g/mol. The summed E-state index contributed by atoms with van der Waals surface area (Å²) in [4.78, 5) is 3.15. The predicted molar refractivity (Wildman–Crippen MR) is 82.0 cm³/mol. The summed E-state index contributed by atoms with van der Waals surface area (Å²) in [6.07, 6.45) is 12.4. The molecule has 2 nitrogen and oxygen atoms in total. The highest BCUT2D eigenvalue weighted by Gasteiger charge is 2.14. The molecule has 0 radical (unpaired) electrons. The first-order chi connectivity index (χ1) is 9.29. The quantitative estimate of drug-likeness (QED) is 0.677. The van der Waals surface area contributed by atoms with Crippen molar-refractivity contribution in [2.45, 2.75) is 45.1 Å². The summed E-state index contributed by atoms with van der Waals surface area (Å²) in [7, 11) is 0. The van der Waals surface area contributed by atoms with Crippen LogP contribution in [0.1, 0.15) is 44.2 Å². The second-order valence-corrected chi connectivity index (χ2v) is 5.94. The summed E-state index contributed by atoms with van der Waals surface area (Å²) in [6, 6.07) is 9.28. The maximum absolute atomic E-state index is 3.48. The van der Waals surface area contributed by atoms with E-state index in [1.807, 2.05) is 6.20 Å². The van der Waals surface area contributed by atoms with Crippen molar-refractivity contribution in [2.75, 3.05) is 0 Å². The first kappa shape index (κ1) is 17.4. The average Bonchev–Trinajstić information content (AvgIpc) is 2.95. The lowest BCUT2D eigenvalue weighted by molar-refractivity contribution is -0.723. The van der Waals surface area contributed by atoms with E-state index in [2.05, 4.69) is 69.2 Å². The molecule has 0 spiro atoms. The SMILES string of the molecule is CCCCC(CCc1ccc(Br)cc1)[n+]1cc[nH]c1.[Br-]. The van der Waals surface area contributed by atoms with Crippen molar-refractivity contribution in [3.63, 3.8) is 0 Å². The van der Waals surface area contributed by atoms with E-state index in [4.69, 9.17) is 0 Å². The molecule has 2 aromatic rings. The first-order valence-corrected chi connectivity index (χ1v) is 7.87. The number of hydrogen-bond donors (Lipinski definition) is 1. The van der Waals surface area contributed by atoms with Gasteiger partial charge in [-0.2, -0.15) is 0 Å². The molecule has 0 saturated carbocycles. The van der Waals surface area contributed by atoms with Gasteiger partial charge in [-0.3, -0.25) is 4.98 Å². The largest absolute Gasteiger partial charge is 1.00 e. The number of aryl methyl sites for hydroxylation is 1. The van der Waals surface area contributed by atoms with Gasteiger partial charge >= 0.3 is 0 Å². The molecule has 0 bridgehead atoms. The Bertz CT molecular complexity index is 466. The smallest absolute Gasteiger partial charge is 0.241 e. The van der Waals surface area contributed by atoms with Gasteiger partial charge in [0.15, 0.2) is 0 Å². The van der Waals surface area contributed by atoms with Crippen molar-refractivity contribution >= 4 is 15.9 Å². The van der Waals surface area contributed by atoms with Gasteiger partial charge in [0.05, 0.1) is 0 Å². The summed E-state index contributed by atoms with van der Waals surface area (Å²) < 4.78 is 3.47. The van der Waals surface area contributed by atoms with Crippen LogP contribution in [0.4, 0.5) is 0 Å². The fraction of sp³-hybridized carbons (Fsp3) is 0.438. The molecule has 0 saturated heterocycles. The zero-order chi connectivity index (χ0) is 13.5. The van der Waals surface area contributed by atoms with Crippen LogP contribution in [0.5, 0.6) is 0 Å². The van der Waals surface area contributed by atoms with Gasteiger partial charge in [0.1, 0.15) is 18.4 Å². The van der Waals surface area contributed by atoms with Gasteiger partial charge in [-0.25, -0.2) is 4.57 Å². The van der Waals surface area contributed by atoms with E-state index in [-0.39, 0.29) is 17.0 Å². The van der Waals surface area contributed by atoms with E-state index in [1.165, 1.54) is 31.2 Å². The number of nitrogens with zero attached hydrogens (tertiary/aromatic N) is 1. The van der Waals surface area contributed by atoms with Gasteiger partial charge in [0, 0.05) is 4.47 Å².